The van der Waals surface area contributed by atoms with E-state index in [0.29, 0.717) is 12.0 Å². The zero-order valence-electron chi connectivity index (χ0n) is 12.5. The Hall–Kier alpha value is -2.74. The van der Waals surface area contributed by atoms with Gasteiger partial charge in [-0.3, -0.25) is 4.98 Å². The van der Waals surface area contributed by atoms with Crippen molar-refractivity contribution in [2.75, 3.05) is 16.6 Å². The molecule has 1 aliphatic heterocycles. The molecule has 7 nitrogen and oxygen atoms in total. The highest BCUT2D eigenvalue weighted by Gasteiger charge is 2.35. The lowest BCUT2D eigenvalue weighted by Crippen LogP contribution is -2.24. The molecule has 4 rings (SSSR count). The summed E-state index contributed by atoms with van der Waals surface area (Å²) in [5, 5.41) is 21.1. The summed E-state index contributed by atoms with van der Waals surface area (Å²) in [7, 11) is -3.53. The third-order valence-electron chi connectivity index (χ3n) is 4.02. The van der Waals surface area contributed by atoms with E-state index in [4.69, 9.17) is 4.42 Å². The predicted molar refractivity (Wildman–Crippen MR) is 88.5 cm³/mol. The van der Waals surface area contributed by atoms with E-state index < -0.39 is 21.5 Å². The van der Waals surface area contributed by atoms with Crippen LogP contribution in [-0.4, -0.2) is 35.9 Å². The molecular formula is C16H14N2O5S. The topological polar surface area (TPSA) is 104 Å². The fraction of sp³-hybridized carbons (Fsp3) is 0.188. The van der Waals surface area contributed by atoms with Crippen LogP contribution in [0, 0.1) is 0 Å². The van der Waals surface area contributed by atoms with Gasteiger partial charge in [0.05, 0.1) is 11.3 Å². The van der Waals surface area contributed by atoms with Gasteiger partial charge in [0, 0.05) is 23.7 Å². The zero-order chi connectivity index (χ0) is 16.9. The number of pyridine rings is 1. The van der Waals surface area contributed by atoms with E-state index in [1.54, 1.807) is 6.07 Å². The van der Waals surface area contributed by atoms with Gasteiger partial charge in [-0.05, 0) is 18.6 Å². The first-order valence-corrected chi connectivity index (χ1v) is 8.98. The van der Waals surface area contributed by atoms with Crippen LogP contribution in [0.25, 0.3) is 22.2 Å². The Labute approximate surface area is 137 Å². The van der Waals surface area contributed by atoms with Gasteiger partial charge < -0.3 is 14.6 Å². The quantitative estimate of drug-likeness (QED) is 0.739. The Morgan fingerprint density at radius 3 is 2.71 bits per heavy atom. The number of hydrogen-bond donors (Lipinski definition) is 2. The number of nitrogens with zero attached hydrogens (tertiary/aromatic N) is 2. The lowest BCUT2D eigenvalue weighted by molar-refractivity contribution is 0.409. The van der Waals surface area contributed by atoms with E-state index in [9.17, 15) is 18.6 Å². The lowest BCUT2D eigenvalue weighted by atomic mass is 10.1. The van der Waals surface area contributed by atoms with Gasteiger partial charge in [-0.2, -0.15) is 0 Å². The van der Waals surface area contributed by atoms with Gasteiger partial charge in [-0.1, -0.05) is 18.2 Å². The fourth-order valence-electron chi connectivity index (χ4n) is 2.83. The summed E-state index contributed by atoms with van der Waals surface area (Å²) < 4.78 is 30.5. The summed E-state index contributed by atoms with van der Waals surface area (Å²) in [6.07, 6.45) is 1.94. The Bertz CT molecular complexity index is 1040. The number of furan rings is 1. The van der Waals surface area contributed by atoms with Gasteiger partial charge in [0.15, 0.2) is 5.76 Å². The van der Waals surface area contributed by atoms with Crippen molar-refractivity contribution in [3.63, 3.8) is 0 Å². The maximum atomic E-state index is 12.0. The van der Waals surface area contributed by atoms with Crippen molar-refractivity contribution < 1.29 is 23.0 Å². The molecule has 0 aliphatic carbocycles. The Balaban J connectivity index is 1.85. The molecule has 0 amide bonds. The standard InChI is InChI=1S/C16H14N2O5S/c19-13-14(20)16(18-6-3-7-24(18,21)22)23-15(13)11-8-10-4-1-2-5-12(10)17-9-11/h1-2,4-5,8-9,19-20H,3,6-7H2. The maximum absolute atomic E-state index is 12.0. The van der Waals surface area contributed by atoms with Crippen LogP contribution in [0.3, 0.4) is 0 Å². The third kappa shape index (κ3) is 2.18. The van der Waals surface area contributed by atoms with E-state index in [2.05, 4.69) is 4.98 Å². The van der Waals surface area contributed by atoms with Crippen LogP contribution in [0.15, 0.2) is 40.9 Å². The van der Waals surface area contributed by atoms with Crippen LogP contribution in [-0.2, 0) is 10.0 Å². The van der Waals surface area contributed by atoms with E-state index >= 15 is 0 Å². The molecule has 1 fully saturated rings. The summed E-state index contributed by atoms with van der Waals surface area (Å²) in [4.78, 5) is 4.28. The molecule has 0 atom stereocenters. The first-order chi connectivity index (χ1) is 11.5. The van der Waals surface area contributed by atoms with Crippen LogP contribution in [0.4, 0.5) is 5.88 Å². The highest BCUT2D eigenvalue weighted by Crippen LogP contribution is 2.48. The highest BCUT2D eigenvalue weighted by molar-refractivity contribution is 7.93. The largest absolute Gasteiger partial charge is 0.502 e. The number of hydrogen-bond acceptors (Lipinski definition) is 6. The molecule has 1 aliphatic rings. The third-order valence-corrected chi connectivity index (χ3v) is 5.84. The number of fused-ring (bicyclic) bond motifs is 1. The predicted octanol–water partition coefficient (Wildman–Crippen LogP) is 2.45. The first kappa shape index (κ1) is 14.8. The molecule has 3 aromatic rings. The molecule has 0 radical (unpaired) electrons. The van der Waals surface area contributed by atoms with Gasteiger partial charge in [0.2, 0.25) is 21.5 Å². The number of anilines is 1. The second-order valence-electron chi connectivity index (χ2n) is 5.59. The van der Waals surface area contributed by atoms with E-state index in [-0.39, 0.29) is 23.9 Å². The normalized spacial score (nSPS) is 16.8. The van der Waals surface area contributed by atoms with Crippen LogP contribution in [0.1, 0.15) is 6.42 Å². The molecule has 1 aromatic carbocycles. The molecule has 8 heteroatoms. The van der Waals surface area contributed by atoms with E-state index in [1.807, 2.05) is 24.3 Å². The van der Waals surface area contributed by atoms with Crippen LogP contribution < -0.4 is 4.31 Å². The van der Waals surface area contributed by atoms with Gasteiger partial charge >= 0.3 is 0 Å². The van der Waals surface area contributed by atoms with Crippen molar-refractivity contribution in [1.82, 2.24) is 4.98 Å². The summed E-state index contributed by atoms with van der Waals surface area (Å²) in [5.41, 5.74) is 1.23. The molecule has 124 valence electrons. The SMILES string of the molecule is O=S1(=O)CCCN1c1oc(-c2cnc3ccccc3c2)c(O)c1O. The minimum absolute atomic E-state index is 0.0112. The van der Waals surface area contributed by atoms with Crippen molar-refractivity contribution >= 4 is 26.8 Å². The Morgan fingerprint density at radius 1 is 1.17 bits per heavy atom. The summed E-state index contributed by atoms with van der Waals surface area (Å²) in [6, 6.07) is 9.18. The highest BCUT2D eigenvalue weighted by atomic mass is 32.2. The number of sulfonamides is 1. The molecule has 3 heterocycles. The van der Waals surface area contributed by atoms with Crippen molar-refractivity contribution in [3.8, 4) is 22.8 Å². The molecule has 0 unspecified atom stereocenters. The molecule has 0 saturated carbocycles. The molecule has 2 aromatic heterocycles. The number of rotatable bonds is 2. The van der Waals surface area contributed by atoms with Crippen molar-refractivity contribution in [2.45, 2.75) is 6.42 Å². The van der Waals surface area contributed by atoms with Crippen LogP contribution in [0.2, 0.25) is 0 Å². The van der Waals surface area contributed by atoms with E-state index in [1.165, 1.54) is 6.20 Å². The number of para-hydroxylation sites is 1. The van der Waals surface area contributed by atoms with Gasteiger partial charge in [-0.25, -0.2) is 12.7 Å². The van der Waals surface area contributed by atoms with Crippen LogP contribution >= 0.6 is 0 Å². The van der Waals surface area contributed by atoms with Gasteiger partial charge in [-0.15, -0.1) is 0 Å². The summed E-state index contributed by atoms with van der Waals surface area (Å²) in [6.45, 7) is 0.207. The molecule has 1 saturated heterocycles. The molecule has 0 spiro atoms. The fourth-order valence-corrected chi connectivity index (χ4v) is 4.33. The average molecular weight is 346 g/mol. The Kier molecular flexibility index (Phi) is 3.17. The monoisotopic (exact) mass is 346 g/mol. The smallest absolute Gasteiger partial charge is 0.256 e. The minimum Gasteiger partial charge on any atom is -0.502 e. The summed E-state index contributed by atoms with van der Waals surface area (Å²) in [5.74, 6) is -1.36. The summed E-state index contributed by atoms with van der Waals surface area (Å²) >= 11 is 0. The lowest BCUT2D eigenvalue weighted by Gasteiger charge is -2.12. The maximum Gasteiger partial charge on any atom is 0.256 e. The van der Waals surface area contributed by atoms with E-state index in [0.717, 1.165) is 15.2 Å². The Morgan fingerprint density at radius 2 is 1.96 bits per heavy atom. The van der Waals surface area contributed by atoms with Crippen molar-refractivity contribution in [2.24, 2.45) is 0 Å². The number of benzene rings is 1. The van der Waals surface area contributed by atoms with Gasteiger partial charge in [0.1, 0.15) is 0 Å². The van der Waals surface area contributed by atoms with Gasteiger partial charge in [0.25, 0.3) is 5.88 Å². The molecular weight excluding hydrogens is 332 g/mol. The molecule has 2 N–H and O–H groups in total. The average Bonchev–Trinajstić information content (AvgIpc) is 3.07. The molecule has 0 bridgehead atoms. The van der Waals surface area contributed by atoms with Crippen molar-refractivity contribution in [3.05, 3.63) is 36.5 Å². The second kappa shape index (κ2) is 5.13. The number of aromatic nitrogens is 1. The second-order valence-corrected chi connectivity index (χ2v) is 7.60. The van der Waals surface area contributed by atoms with Crippen molar-refractivity contribution in [1.29, 1.82) is 0 Å². The number of aromatic hydroxyl groups is 2. The molecule has 24 heavy (non-hydrogen) atoms. The van der Waals surface area contributed by atoms with Crippen LogP contribution in [0.5, 0.6) is 11.5 Å². The minimum atomic E-state index is -3.53. The zero-order valence-corrected chi connectivity index (χ0v) is 13.3. The first-order valence-electron chi connectivity index (χ1n) is 7.38.